The Balaban J connectivity index is 0.00000320. The number of aromatic nitrogens is 1. The number of amides is 1. The molecule has 0 N–H and O–H groups in total. The molecule has 1 saturated heterocycles. The average Bonchev–Trinajstić information content (AvgIpc) is 3.32. The zero-order chi connectivity index (χ0) is 24.9. The minimum Gasteiger partial charge on any atom is -0.457 e. The van der Waals surface area contributed by atoms with Gasteiger partial charge in [0.2, 0.25) is 0 Å². The van der Waals surface area contributed by atoms with Crippen LogP contribution in [0.2, 0.25) is 0 Å². The molecule has 5 rings (SSSR count). The normalized spacial score (nSPS) is 13.8. The number of morpholine rings is 1. The molecule has 6 nitrogen and oxygen atoms in total. The second-order valence-electron chi connectivity index (χ2n) is 8.43. The van der Waals surface area contributed by atoms with Crippen molar-refractivity contribution in [1.29, 1.82) is 0 Å². The predicted octanol–water partition coefficient (Wildman–Crippen LogP) is 6.16. The molecule has 1 aromatic heterocycles. The van der Waals surface area contributed by atoms with Crippen LogP contribution in [0.15, 0.2) is 66.7 Å². The molecule has 0 unspecified atom stereocenters. The fraction of sp³-hybridized carbons (Fsp3) is 0.259. The van der Waals surface area contributed by atoms with E-state index in [1.165, 1.54) is 6.07 Å². The number of nitrogens with zero attached hydrogens (tertiary/aromatic N) is 3. The molecule has 0 saturated carbocycles. The van der Waals surface area contributed by atoms with E-state index in [1.807, 2.05) is 30.3 Å². The zero-order valence-corrected chi connectivity index (χ0v) is 21.6. The molecule has 1 amide bonds. The van der Waals surface area contributed by atoms with Gasteiger partial charge in [-0.1, -0.05) is 29.5 Å². The molecule has 0 aliphatic carbocycles. The molecule has 1 aliphatic heterocycles. The molecule has 10 heteroatoms. The molecule has 4 aromatic rings. The van der Waals surface area contributed by atoms with E-state index >= 15 is 0 Å². The molecule has 0 atom stereocenters. The van der Waals surface area contributed by atoms with E-state index in [9.17, 15) is 13.6 Å². The van der Waals surface area contributed by atoms with Gasteiger partial charge in [-0.15, -0.1) is 12.4 Å². The molecule has 37 heavy (non-hydrogen) atoms. The highest BCUT2D eigenvalue weighted by molar-refractivity contribution is 7.22. The van der Waals surface area contributed by atoms with Crippen molar-refractivity contribution < 1.29 is 23.0 Å². The van der Waals surface area contributed by atoms with Gasteiger partial charge in [-0.2, -0.15) is 0 Å². The minimum absolute atomic E-state index is 0. The first-order chi connectivity index (χ1) is 17.6. The third kappa shape index (κ3) is 6.61. The van der Waals surface area contributed by atoms with Crippen molar-refractivity contribution in [2.75, 3.05) is 44.3 Å². The fourth-order valence-corrected chi connectivity index (χ4v) is 5.10. The van der Waals surface area contributed by atoms with Gasteiger partial charge >= 0.3 is 0 Å². The Morgan fingerprint density at radius 3 is 2.46 bits per heavy atom. The number of carbonyl (C=O) groups is 1. The van der Waals surface area contributed by atoms with Gasteiger partial charge in [0.15, 0.2) is 10.9 Å². The van der Waals surface area contributed by atoms with Crippen LogP contribution in [-0.4, -0.2) is 55.2 Å². The summed E-state index contributed by atoms with van der Waals surface area (Å²) < 4.78 is 39.7. The summed E-state index contributed by atoms with van der Waals surface area (Å²) in [4.78, 5) is 21.8. The van der Waals surface area contributed by atoms with Crippen LogP contribution in [-0.2, 0) is 4.74 Å². The maximum atomic E-state index is 14.3. The van der Waals surface area contributed by atoms with Gasteiger partial charge in [0.25, 0.3) is 5.91 Å². The van der Waals surface area contributed by atoms with E-state index in [0.29, 0.717) is 53.1 Å². The largest absolute Gasteiger partial charge is 0.457 e. The lowest BCUT2D eigenvalue weighted by atomic mass is 10.2. The van der Waals surface area contributed by atoms with Crippen molar-refractivity contribution in [1.82, 2.24) is 9.88 Å². The summed E-state index contributed by atoms with van der Waals surface area (Å²) in [5.74, 6) is -0.368. The highest BCUT2D eigenvalue weighted by Crippen LogP contribution is 2.32. The van der Waals surface area contributed by atoms with Crippen LogP contribution in [0.5, 0.6) is 11.5 Å². The van der Waals surface area contributed by atoms with Crippen LogP contribution >= 0.6 is 23.7 Å². The highest BCUT2D eigenvalue weighted by Gasteiger charge is 2.23. The summed E-state index contributed by atoms with van der Waals surface area (Å²) in [6.07, 6.45) is 0.702. The van der Waals surface area contributed by atoms with Crippen molar-refractivity contribution in [2.45, 2.75) is 6.42 Å². The van der Waals surface area contributed by atoms with Crippen LogP contribution in [0, 0.1) is 11.6 Å². The molecule has 194 valence electrons. The number of anilines is 1. The summed E-state index contributed by atoms with van der Waals surface area (Å²) in [7, 11) is 0. The number of hydrogen-bond acceptors (Lipinski definition) is 6. The fourth-order valence-electron chi connectivity index (χ4n) is 4.07. The second-order valence-corrected chi connectivity index (χ2v) is 9.44. The minimum atomic E-state index is -0.740. The number of ether oxygens (including phenoxy) is 2. The van der Waals surface area contributed by atoms with E-state index in [4.69, 9.17) is 9.47 Å². The number of thiazole rings is 1. The Labute approximate surface area is 223 Å². The number of para-hydroxylation sites is 1. The third-order valence-corrected chi connectivity index (χ3v) is 6.94. The van der Waals surface area contributed by atoms with Gasteiger partial charge < -0.3 is 9.47 Å². The van der Waals surface area contributed by atoms with Gasteiger partial charge in [0.1, 0.15) is 22.8 Å². The Morgan fingerprint density at radius 2 is 1.73 bits per heavy atom. The van der Waals surface area contributed by atoms with E-state index in [1.54, 1.807) is 29.2 Å². The molecular formula is C27H26ClF2N3O3S. The number of carbonyl (C=O) groups excluding carboxylic acids is 1. The maximum Gasteiger partial charge on any atom is 0.260 e. The standard InChI is InChI=1S/C27H25F2N3O3S.ClH/c28-20-17-23(29)25-24(18-20)36-27(30-25)32(12-4-11-31-13-15-34-16-14-31)26(33)19-7-9-22(10-8-19)35-21-5-2-1-3-6-21;/h1-3,5-10,17-18H,4,11-16H2;1H. The molecule has 3 aromatic carbocycles. The van der Waals surface area contributed by atoms with Gasteiger partial charge in [0, 0.05) is 37.8 Å². The zero-order valence-electron chi connectivity index (χ0n) is 19.9. The summed E-state index contributed by atoms with van der Waals surface area (Å²) >= 11 is 1.10. The Bertz CT molecular complexity index is 1330. The van der Waals surface area contributed by atoms with Crippen molar-refractivity contribution >= 4 is 45.0 Å². The molecule has 0 bridgehead atoms. The molecule has 0 spiro atoms. The Morgan fingerprint density at radius 1 is 1.03 bits per heavy atom. The molecular weight excluding hydrogens is 520 g/mol. The Kier molecular flexibility index (Phi) is 9.04. The summed E-state index contributed by atoms with van der Waals surface area (Å²) in [6.45, 7) is 4.28. The summed E-state index contributed by atoms with van der Waals surface area (Å²) in [5, 5.41) is 0.339. The first kappa shape index (κ1) is 26.9. The first-order valence-corrected chi connectivity index (χ1v) is 12.6. The maximum absolute atomic E-state index is 14.3. The average molecular weight is 546 g/mol. The first-order valence-electron chi connectivity index (χ1n) is 11.8. The van der Waals surface area contributed by atoms with Crippen LogP contribution < -0.4 is 9.64 Å². The quantitative estimate of drug-likeness (QED) is 0.265. The van der Waals surface area contributed by atoms with Crippen LogP contribution in [0.4, 0.5) is 13.9 Å². The van der Waals surface area contributed by atoms with Crippen molar-refractivity contribution in [3.63, 3.8) is 0 Å². The van der Waals surface area contributed by atoms with Crippen LogP contribution in [0.25, 0.3) is 10.2 Å². The number of hydrogen-bond donors (Lipinski definition) is 0. The van der Waals surface area contributed by atoms with Crippen LogP contribution in [0.3, 0.4) is 0 Å². The summed E-state index contributed by atoms with van der Waals surface area (Å²) in [6, 6.07) is 18.3. The van der Waals surface area contributed by atoms with Crippen molar-refractivity contribution in [2.24, 2.45) is 0 Å². The molecule has 2 heterocycles. The van der Waals surface area contributed by atoms with Crippen molar-refractivity contribution in [3.8, 4) is 11.5 Å². The van der Waals surface area contributed by atoms with E-state index in [0.717, 1.165) is 37.0 Å². The van der Waals surface area contributed by atoms with Gasteiger partial charge in [-0.3, -0.25) is 14.6 Å². The molecule has 0 radical (unpaired) electrons. The smallest absolute Gasteiger partial charge is 0.260 e. The van der Waals surface area contributed by atoms with Gasteiger partial charge in [0.05, 0.1) is 17.9 Å². The van der Waals surface area contributed by atoms with E-state index in [-0.39, 0.29) is 23.8 Å². The SMILES string of the molecule is Cl.O=C(c1ccc(Oc2ccccc2)cc1)N(CCCN1CCOCC1)c1nc2c(F)cc(F)cc2s1. The number of fused-ring (bicyclic) bond motifs is 1. The molecule has 1 fully saturated rings. The molecule has 1 aliphatic rings. The lowest BCUT2D eigenvalue weighted by molar-refractivity contribution is 0.0376. The lowest BCUT2D eigenvalue weighted by Gasteiger charge is -2.27. The Hall–Kier alpha value is -3.11. The lowest BCUT2D eigenvalue weighted by Crippen LogP contribution is -2.39. The number of benzene rings is 3. The summed E-state index contributed by atoms with van der Waals surface area (Å²) in [5.41, 5.74) is 0.515. The number of halogens is 3. The third-order valence-electron chi connectivity index (χ3n) is 5.92. The monoisotopic (exact) mass is 545 g/mol. The van der Waals surface area contributed by atoms with E-state index < -0.39 is 11.6 Å². The van der Waals surface area contributed by atoms with Crippen LogP contribution in [0.1, 0.15) is 16.8 Å². The second kappa shape index (κ2) is 12.4. The topological polar surface area (TPSA) is 54.9 Å². The predicted molar refractivity (Wildman–Crippen MR) is 143 cm³/mol. The van der Waals surface area contributed by atoms with Crippen molar-refractivity contribution in [3.05, 3.63) is 83.9 Å². The number of rotatable bonds is 8. The highest BCUT2D eigenvalue weighted by atomic mass is 35.5. The van der Waals surface area contributed by atoms with E-state index in [2.05, 4.69) is 9.88 Å². The van der Waals surface area contributed by atoms with Gasteiger partial charge in [-0.25, -0.2) is 13.8 Å². The van der Waals surface area contributed by atoms with Gasteiger partial charge in [-0.05, 0) is 48.9 Å².